The molecule has 0 aliphatic carbocycles. The van der Waals surface area contributed by atoms with Crippen LogP contribution in [0.15, 0.2) is 12.1 Å². The summed E-state index contributed by atoms with van der Waals surface area (Å²) in [5.74, 6) is -0.286. The van der Waals surface area contributed by atoms with Gasteiger partial charge in [0.2, 0.25) is 0 Å². The average molecular weight is 434 g/mol. The Morgan fingerprint density at radius 2 is 2.20 bits per heavy atom. The maximum absolute atomic E-state index is 10.7. The topological polar surface area (TPSA) is 26.3 Å². The Hall–Kier alpha value is 0.205. The van der Waals surface area contributed by atoms with Crippen LogP contribution in [0.4, 0.5) is 0 Å². The second-order valence-corrected chi connectivity index (χ2v) is 10.0. The van der Waals surface area contributed by atoms with Gasteiger partial charge in [0.05, 0.1) is 0 Å². The number of ether oxygens (including phenoxy) is 1. The van der Waals surface area contributed by atoms with E-state index in [4.69, 9.17) is 24.6 Å². The van der Waals surface area contributed by atoms with Gasteiger partial charge in [0.1, 0.15) is 0 Å². The van der Waals surface area contributed by atoms with Crippen LogP contribution in [0.3, 0.4) is 0 Å². The quantitative estimate of drug-likeness (QED) is 0.541. The molecule has 15 heavy (non-hydrogen) atoms. The van der Waals surface area contributed by atoms with Gasteiger partial charge in [-0.1, -0.05) is 0 Å². The number of carbonyl (C=O) groups excluding carboxylic acids is 1. The molecular weight excluding hydrogens is 424 g/mol. The summed E-state index contributed by atoms with van der Waals surface area (Å²) >= 11 is 4.48. The van der Waals surface area contributed by atoms with E-state index in [1.165, 1.54) is 10.00 Å². The minimum absolute atomic E-state index is 0.277. The number of esters is 1. The normalized spacial score (nSPS) is 9.60. The van der Waals surface area contributed by atoms with Crippen LogP contribution in [-0.2, 0) is 39.5 Å². The summed E-state index contributed by atoms with van der Waals surface area (Å²) in [6.07, 6.45) is 0. The molecule has 0 aliphatic heterocycles. The Bertz CT molecular complexity index is 380. The zero-order chi connectivity index (χ0) is 11.4. The van der Waals surface area contributed by atoms with E-state index in [1.54, 1.807) is 0 Å². The van der Waals surface area contributed by atoms with Crippen molar-refractivity contribution < 1.29 is 32.9 Å². The number of carbonyl (C=O) groups is 1. The first-order valence-corrected chi connectivity index (χ1v) is 14.4. The van der Waals surface area contributed by atoms with Crippen LogP contribution in [0.5, 0.6) is 0 Å². The fourth-order valence-electron chi connectivity index (χ4n) is 1.27. The molecule has 0 saturated carbocycles. The zero-order valence-corrected chi connectivity index (χ0v) is 15.7. The van der Waals surface area contributed by atoms with Crippen molar-refractivity contribution in [3.05, 3.63) is 28.3 Å². The van der Waals surface area contributed by atoms with Gasteiger partial charge in [-0.3, -0.25) is 0 Å². The van der Waals surface area contributed by atoms with Gasteiger partial charge in [-0.2, -0.15) is 0 Å². The summed E-state index contributed by atoms with van der Waals surface area (Å²) in [4.78, 5) is 10.7. The zero-order valence-electron chi connectivity index (χ0n) is 8.64. The molecule has 0 aromatic heterocycles. The van der Waals surface area contributed by atoms with Gasteiger partial charge < -0.3 is 0 Å². The number of benzene rings is 1. The second kappa shape index (κ2) is 6.07. The molecule has 1 aromatic carbocycles. The predicted octanol–water partition coefficient (Wildman–Crippen LogP) is 2.57. The van der Waals surface area contributed by atoms with Crippen LogP contribution < -0.4 is 3.07 Å². The van der Waals surface area contributed by atoms with Crippen LogP contribution in [0.1, 0.15) is 18.1 Å². The molecule has 0 aliphatic rings. The molecule has 5 heteroatoms. The molecule has 0 atom stereocenters. The third-order valence-corrected chi connectivity index (χ3v) is 8.88. The molecule has 0 unspecified atom stereocenters. The van der Waals surface area contributed by atoms with Gasteiger partial charge in [0.25, 0.3) is 0 Å². The van der Waals surface area contributed by atoms with Gasteiger partial charge in [0.15, 0.2) is 0 Å². The van der Waals surface area contributed by atoms with Crippen molar-refractivity contribution in [3.8, 4) is 0 Å². The summed E-state index contributed by atoms with van der Waals surface area (Å²) < 4.78 is 6.13. The number of halogens is 2. The van der Waals surface area contributed by atoms with Crippen molar-refractivity contribution in [2.45, 2.75) is 20.5 Å². The Balaban J connectivity index is 2.95. The first kappa shape index (κ1) is 13.3. The van der Waals surface area contributed by atoms with Gasteiger partial charge in [-0.05, 0) is 0 Å². The summed E-state index contributed by atoms with van der Waals surface area (Å²) in [6, 6.07) is 3.74. The second-order valence-electron chi connectivity index (χ2n) is 3.26. The monoisotopic (exact) mass is 434 g/mol. The third kappa shape index (κ3) is 3.93. The molecule has 1 rings (SSSR count). The molecule has 0 heterocycles. The first-order valence-electron chi connectivity index (χ1n) is 4.51. The average Bonchev–Trinajstić information content (AvgIpc) is 2.18. The van der Waals surface area contributed by atoms with Gasteiger partial charge in [-0.15, -0.1) is 0 Å². The van der Waals surface area contributed by atoms with E-state index in [-0.39, 0.29) is 12.6 Å². The summed E-state index contributed by atoms with van der Waals surface area (Å²) in [5.41, 5.74) is 2.07. The Labute approximate surface area is 110 Å². The van der Waals surface area contributed by atoms with Crippen LogP contribution in [0, 0.1) is 6.92 Å². The fourth-order valence-corrected chi connectivity index (χ4v) is 7.28. The molecule has 78 valence electrons. The first-order chi connectivity index (χ1) is 7.04. The van der Waals surface area contributed by atoms with Crippen molar-refractivity contribution in [1.29, 1.82) is 0 Å². The van der Waals surface area contributed by atoms with Crippen LogP contribution >= 0.6 is 19.9 Å². The molecule has 1 aromatic rings. The molecule has 0 amide bonds. The third-order valence-electron chi connectivity index (χ3n) is 2.16. The Kier molecular flexibility index (Phi) is 5.37. The van der Waals surface area contributed by atoms with E-state index >= 15 is 0 Å². The Morgan fingerprint density at radius 1 is 1.53 bits per heavy atom. The van der Waals surface area contributed by atoms with Gasteiger partial charge in [-0.25, -0.2) is 0 Å². The van der Waals surface area contributed by atoms with E-state index in [0.29, 0.717) is 5.02 Å². The van der Waals surface area contributed by atoms with Crippen molar-refractivity contribution in [1.82, 2.24) is 0 Å². The van der Waals surface area contributed by atoms with E-state index < -0.39 is 23.3 Å². The van der Waals surface area contributed by atoms with Gasteiger partial charge in [0, 0.05) is 0 Å². The predicted molar refractivity (Wildman–Crippen MR) is 57.1 cm³/mol. The number of hydrogen-bond acceptors (Lipinski definition) is 2. The SMILES string of the molecule is CC(=O)OCc1cc(Cl)c[c]([Hg][Cl])c1C. The molecule has 2 nitrogen and oxygen atoms in total. The van der Waals surface area contributed by atoms with Crippen molar-refractivity contribution >= 4 is 28.9 Å². The Morgan fingerprint density at radius 3 is 2.73 bits per heavy atom. The molecule has 0 bridgehead atoms. The minimum atomic E-state index is -1.47. The van der Waals surface area contributed by atoms with Gasteiger partial charge >= 0.3 is 110 Å². The summed E-state index contributed by atoms with van der Waals surface area (Å²) in [5, 5.41) is 0.665. The van der Waals surface area contributed by atoms with E-state index in [2.05, 4.69) is 0 Å². The molecule has 0 fully saturated rings. The molecule has 0 radical (unpaired) electrons. The molecule has 0 N–H and O–H groups in total. The van der Waals surface area contributed by atoms with Crippen molar-refractivity contribution in [2.75, 3.05) is 0 Å². The van der Waals surface area contributed by atoms with E-state index in [0.717, 1.165) is 11.1 Å². The number of hydrogen-bond donors (Lipinski definition) is 0. The maximum atomic E-state index is 10.7. The van der Waals surface area contributed by atoms with E-state index in [9.17, 15) is 4.79 Å². The van der Waals surface area contributed by atoms with E-state index in [1.807, 2.05) is 19.1 Å². The number of rotatable bonds is 3. The standard InChI is InChI=1S/C10H10ClO2.ClH.Hg/c1-7-3-4-10(11)5-9(7)6-13-8(2)12;;/h4-5H,6H2,1-2H3;1H;/q;;+1/p-1. The molecule has 0 spiro atoms. The summed E-state index contributed by atoms with van der Waals surface area (Å²) in [6.45, 7) is 3.66. The van der Waals surface area contributed by atoms with Crippen molar-refractivity contribution in [3.63, 3.8) is 0 Å². The van der Waals surface area contributed by atoms with Crippen LogP contribution in [0.2, 0.25) is 5.02 Å². The fraction of sp³-hybridized carbons (Fsp3) is 0.300. The van der Waals surface area contributed by atoms with Crippen molar-refractivity contribution in [2.24, 2.45) is 0 Å². The van der Waals surface area contributed by atoms with Crippen LogP contribution in [0.25, 0.3) is 0 Å². The molecular formula is C10H10Cl2HgO2. The molecule has 0 saturated heterocycles. The summed E-state index contributed by atoms with van der Waals surface area (Å²) in [7, 11) is 5.99. The van der Waals surface area contributed by atoms with Crippen LogP contribution in [-0.4, -0.2) is 5.97 Å².